The zero-order valence-electron chi connectivity index (χ0n) is 10.3. The fourth-order valence-electron chi connectivity index (χ4n) is 2.86. The van der Waals surface area contributed by atoms with Crippen LogP contribution in [-0.4, -0.2) is 31.1 Å². The van der Waals surface area contributed by atoms with E-state index in [0.29, 0.717) is 10.9 Å². The molecular formula is C14H18ClFN2. The molecule has 0 amide bonds. The minimum absolute atomic E-state index is 0.116. The van der Waals surface area contributed by atoms with Gasteiger partial charge in [-0.05, 0) is 37.0 Å². The standard InChI is InChI=1S/C14H18ClFN2/c15-11-3-4-13(16)12(9-11)14(10-1-2-10)18-7-5-17-6-8-18/h3-4,9-10,14,17H,1-2,5-8H2/t14-/m0/s1. The zero-order valence-corrected chi connectivity index (χ0v) is 11.1. The minimum atomic E-state index is -0.116. The molecule has 2 aliphatic rings. The molecule has 0 spiro atoms. The van der Waals surface area contributed by atoms with Crippen LogP contribution in [0.25, 0.3) is 0 Å². The molecule has 1 N–H and O–H groups in total. The Morgan fingerprint density at radius 3 is 2.67 bits per heavy atom. The summed E-state index contributed by atoms with van der Waals surface area (Å²) in [5.41, 5.74) is 0.784. The highest BCUT2D eigenvalue weighted by Gasteiger charge is 2.38. The molecule has 1 aromatic rings. The molecule has 1 aromatic carbocycles. The van der Waals surface area contributed by atoms with Crippen LogP contribution >= 0.6 is 11.6 Å². The molecule has 0 bridgehead atoms. The lowest BCUT2D eigenvalue weighted by Gasteiger charge is -2.35. The quantitative estimate of drug-likeness (QED) is 0.907. The molecule has 4 heteroatoms. The molecular weight excluding hydrogens is 251 g/mol. The third-order valence-corrected chi connectivity index (χ3v) is 4.13. The second-order valence-corrected chi connectivity index (χ2v) is 5.67. The van der Waals surface area contributed by atoms with E-state index in [4.69, 9.17) is 11.6 Å². The molecule has 1 aliphatic carbocycles. The Morgan fingerprint density at radius 1 is 1.28 bits per heavy atom. The maximum absolute atomic E-state index is 14.1. The highest BCUT2D eigenvalue weighted by molar-refractivity contribution is 6.30. The highest BCUT2D eigenvalue weighted by Crippen LogP contribution is 2.45. The first-order valence-electron chi connectivity index (χ1n) is 6.65. The predicted octanol–water partition coefficient (Wildman–Crippen LogP) is 2.84. The van der Waals surface area contributed by atoms with Gasteiger partial charge in [0.2, 0.25) is 0 Å². The number of hydrogen-bond acceptors (Lipinski definition) is 2. The van der Waals surface area contributed by atoms with Gasteiger partial charge in [0, 0.05) is 42.8 Å². The lowest BCUT2D eigenvalue weighted by molar-refractivity contribution is 0.153. The monoisotopic (exact) mass is 268 g/mol. The third-order valence-electron chi connectivity index (χ3n) is 3.89. The maximum atomic E-state index is 14.1. The van der Waals surface area contributed by atoms with E-state index in [1.165, 1.54) is 18.9 Å². The Bertz CT molecular complexity index is 428. The first kappa shape index (κ1) is 12.4. The van der Waals surface area contributed by atoms with Gasteiger partial charge >= 0.3 is 0 Å². The van der Waals surface area contributed by atoms with Gasteiger partial charge in [-0.25, -0.2) is 4.39 Å². The molecule has 1 saturated heterocycles. The average Bonchev–Trinajstić information content (AvgIpc) is 3.20. The number of halogens is 2. The van der Waals surface area contributed by atoms with Crippen molar-refractivity contribution in [3.8, 4) is 0 Å². The summed E-state index contributed by atoms with van der Waals surface area (Å²) >= 11 is 6.03. The Morgan fingerprint density at radius 2 is 2.00 bits per heavy atom. The van der Waals surface area contributed by atoms with Crippen LogP contribution in [0.2, 0.25) is 5.02 Å². The van der Waals surface area contributed by atoms with E-state index in [-0.39, 0.29) is 11.9 Å². The van der Waals surface area contributed by atoms with Crippen molar-refractivity contribution < 1.29 is 4.39 Å². The minimum Gasteiger partial charge on any atom is -0.314 e. The van der Waals surface area contributed by atoms with E-state index in [1.54, 1.807) is 6.07 Å². The molecule has 1 aliphatic heterocycles. The van der Waals surface area contributed by atoms with Gasteiger partial charge < -0.3 is 5.32 Å². The molecule has 1 saturated carbocycles. The fourth-order valence-corrected chi connectivity index (χ4v) is 3.04. The van der Waals surface area contributed by atoms with E-state index >= 15 is 0 Å². The molecule has 3 rings (SSSR count). The number of benzene rings is 1. The van der Waals surface area contributed by atoms with Crippen molar-refractivity contribution in [3.63, 3.8) is 0 Å². The number of nitrogens with zero attached hydrogens (tertiary/aromatic N) is 1. The summed E-state index contributed by atoms with van der Waals surface area (Å²) in [5, 5.41) is 3.98. The molecule has 1 atom stereocenters. The van der Waals surface area contributed by atoms with Crippen LogP contribution in [0, 0.1) is 11.7 Å². The molecule has 0 aromatic heterocycles. The van der Waals surface area contributed by atoms with Gasteiger partial charge in [0.25, 0.3) is 0 Å². The summed E-state index contributed by atoms with van der Waals surface area (Å²) < 4.78 is 14.1. The maximum Gasteiger partial charge on any atom is 0.128 e. The number of piperazine rings is 1. The van der Waals surface area contributed by atoms with Crippen molar-refractivity contribution in [2.75, 3.05) is 26.2 Å². The van der Waals surface area contributed by atoms with Crippen molar-refractivity contribution in [1.82, 2.24) is 10.2 Å². The van der Waals surface area contributed by atoms with Crippen LogP contribution in [0.15, 0.2) is 18.2 Å². The van der Waals surface area contributed by atoms with Crippen LogP contribution in [0.4, 0.5) is 4.39 Å². The van der Waals surface area contributed by atoms with Gasteiger partial charge in [-0.3, -0.25) is 4.90 Å². The van der Waals surface area contributed by atoms with E-state index in [2.05, 4.69) is 10.2 Å². The van der Waals surface area contributed by atoms with Crippen molar-refractivity contribution in [3.05, 3.63) is 34.6 Å². The summed E-state index contributed by atoms with van der Waals surface area (Å²) in [6.07, 6.45) is 2.42. The fraction of sp³-hybridized carbons (Fsp3) is 0.571. The van der Waals surface area contributed by atoms with Gasteiger partial charge in [-0.15, -0.1) is 0 Å². The van der Waals surface area contributed by atoms with Crippen molar-refractivity contribution in [2.45, 2.75) is 18.9 Å². The first-order chi connectivity index (χ1) is 8.75. The highest BCUT2D eigenvalue weighted by atomic mass is 35.5. The Hall–Kier alpha value is -0.640. The molecule has 2 fully saturated rings. The molecule has 2 nitrogen and oxygen atoms in total. The molecule has 18 heavy (non-hydrogen) atoms. The predicted molar refractivity (Wildman–Crippen MR) is 71.3 cm³/mol. The number of nitrogens with one attached hydrogen (secondary N) is 1. The third kappa shape index (κ3) is 2.53. The zero-order chi connectivity index (χ0) is 12.5. The second kappa shape index (κ2) is 5.16. The Balaban J connectivity index is 1.90. The van der Waals surface area contributed by atoms with Gasteiger partial charge in [-0.2, -0.15) is 0 Å². The summed E-state index contributed by atoms with van der Waals surface area (Å²) in [4.78, 5) is 2.41. The Labute approximate surface area is 112 Å². The summed E-state index contributed by atoms with van der Waals surface area (Å²) in [6, 6.07) is 5.14. The van der Waals surface area contributed by atoms with Gasteiger partial charge in [-0.1, -0.05) is 11.6 Å². The normalized spacial score (nSPS) is 23.0. The Kier molecular flexibility index (Phi) is 3.55. The van der Waals surface area contributed by atoms with E-state index in [0.717, 1.165) is 31.7 Å². The largest absolute Gasteiger partial charge is 0.314 e. The van der Waals surface area contributed by atoms with Gasteiger partial charge in [0.15, 0.2) is 0 Å². The van der Waals surface area contributed by atoms with Crippen molar-refractivity contribution >= 4 is 11.6 Å². The number of rotatable bonds is 3. The molecule has 1 heterocycles. The second-order valence-electron chi connectivity index (χ2n) is 5.23. The summed E-state index contributed by atoms with van der Waals surface area (Å²) in [7, 11) is 0. The van der Waals surface area contributed by atoms with Gasteiger partial charge in [0.05, 0.1) is 0 Å². The summed E-state index contributed by atoms with van der Waals surface area (Å²) in [5.74, 6) is 0.492. The van der Waals surface area contributed by atoms with E-state index in [1.807, 2.05) is 6.07 Å². The topological polar surface area (TPSA) is 15.3 Å². The number of hydrogen-bond donors (Lipinski definition) is 1. The van der Waals surface area contributed by atoms with Gasteiger partial charge in [0.1, 0.15) is 5.82 Å². The van der Waals surface area contributed by atoms with Crippen LogP contribution in [0.3, 0.4) is 0 Å². The van der Waals surface area contributed by atoms with Crippen molar-refractivity contribution in [1.29, 1.82) is 0 Å². The van der Waals surface area contributed by atoms with Crippen molar-refractivity contribution in [2.24, 2.45) is 5.92 Å². The van der Waals surface area contributed by atoms with Crippen LogP contribution in [-0.2, 0) is 0 Å². The first-order valence-corrected chi connectivity index (χ1v) is 7.03. The van der Waals surface area contributed by atoms with E-state index < -0.39 is 0 Å². The lowest BCUT2D eigenvalue weighted by atomic mass is 9.99. The summed E-state index contributed by atoms with van der Waals surface area (Å²) in [6.45, 7) is 3.97. The smallest absolute Gasteiger partial charge is 0.128 e. The molecule has 0 unspecified atom stereocenters. The van der Waals surface area contributed by atoms with Crippen LogP contribution in [0.1, 0.15) is 24.4 Å². The molecule has 0 radical (unpaired) electrons. The lowest BCUT2D eigenvalue weighted by Crippen LogP contribution is -2.45. The molecule has 98 valence electrons. The average molecular weight is 269 g/mol. The van der Waals surface area contributed by atoms with E-state index in [9.17, 15) is 4.39 Å². The SMILES string of the molecule is Fc1ccc(Cl)cc1[C@H](C1CC1)N1CCNCC1. The van der Waals surface area contributed by atoms with Crippen LogP contribution < -0.4 is 5.32 Å². The van der Waals surface area contributed by atoms with Crippen LogP contribution in [0.5, 0.6) is 0 Å².